The lowest BCUT2D eigenvalue weighted by Gasteiger charge is -2.28. The Kier molecular flexibility index (Phi) is 4.24. The minimum Gasteiger partial charge on any atom is -0.294 e. The standard InChI is InChI=1S/C15H16ClN3S/c1-20-15-17-8-12-10-19(7-6-14(12)18-15)9-11-4-2-3-5-13(11)16/h2-5,8H,6-7,9-10H2,1H3. The number of nitrogens with zero attached hydrogens (tertiary/aromatic N) is 3. The maximum Gasteiger partial charge on any atom is 0.187 e. The Bertz CT molecular complexity index is 618. The first-order valence-electron chi connectivity index (χ1n) is 6.61. The predicted octanol–water partition coefficient (Wildman–Crippen LogP) is 3.41. The van der Waals surface area contributed by atoms with E-state index in [9.17, 15) is 0 Å². The monoisotopic (exact) mass is 305 g/mol. The maximum atomic E-state index is 6.23. The molecule has 0 aliphatic carbocycles. The number of benzene rings is 1. The van der Waals surface area contributed by atoms with Crippen LogP contribution in [0.15, 0.2) is 35.6 Å². The van der Waals surface area contributed by atoms with Crippen molar-refractivity contribution in [2.75, 3.05) is 12.8 Å². The zero-order valence-electron chi connectivity index (χ0n) is 11.3. The highest BCUT2D eigenvalue weighted by Crippen LogP contribution is 2.23. The molecule has 1 aromatic carbocycles. The van der Waals surface area contributed by atoms with Crippen LogP contribution in [0.25, 0.3) is 0 Å². The molecule has 1 aliphatic heterocycles. The summed E-state index contributed by atoms with van der Waals surface area (Å²) in [5.74, 6) is 0. The average molecular weight is 306 g/mol. The van der Waals surface area contributed by atoms with Crippen LogP contribution in [0.2, 0.25) is 5.02 Å². The Morgan fingerprint density at radius 1 is 1.35 bits per heavy atom. The van der Waals surface area contributed by atoms with Crippen LogP contribution in [0, 0.1) is 0 Å². The second-order valence-electron chi connectivity index (χ2n) is 4.88. The third-order valence-electron chi connectivity index (χ3n) is 3.53. The van der Waals surface area contributed by atoms with Gasteiger partial charge in [0.2, 0.25) is 0 Å². The van der Waals surface area contributed by atoms with Crippen LogP contribution < -0.4 is 0 Å². The van der Waals surface area contributed by atoms with Crippen molar-refractivity contribution in [2.45, 2.75) is 24.7 Å². The smallest absolute Gasteiger partial charge is 0.187 e. The van der Waals surface area contributed by atoms with Crippen LogP contribution in [-0.2, 0) is 19.5 Å². The van der Waals surface area contributed by atoms with Crippen molar-refractivity contribution < 1.29 is 0 Å². The first kappa shape index (κ1) is 13.9. The molecule has 0 fully saturated rings. The van der Waals surface area contributed by atoms with Gasteiger partial charge in [0.25, 0.3) is 0 Å². The van der Waals surface area contributed by atoms with Crippen molar-refractivity contribution in [3.05, 3.63) is 52.3 Å². The van der Waals surface area contributed by atoms with E-state index in [0.717, 1.165) is 36.2 Å². The van der Waals surface area contributed by atoms with Crippen LogP contribution in [0.1, 0.15) is 16.8 Å². The van der Waals surface area contributed by atoms with Crippen molar-refractivity contribution in [1.82, 2.24) is 14.9 Å². The number of aromatic nitrogens is 2. The molecule has 0 saturated carbocycles. The summed E-state index contributed by atoms with van der Waals surface area (Å²) in [5.41, 5.74) is 3.61. The molecule has 0 saturated heterocycles. The molecule has 3 nitrogen and oxygen atoms in total. The van der Waals surface area contributed by atoms with Crippen LogP contribution in [0.3, 0.4) is 0 Å². The maximum absolute atomic E-state index is 6.23. The fourth-order valence-corrected chi connectivity index (χ4v) is 3.01. The lowest BCUT2D eigenvalue weighted by molar-refractivity contribution is 0.242. The second-order valence-corrected chi connectivity index (χ2v) is 6.06. The van der Waals surface area contributed by atoms with Gasteiger partial charge in [0.15, 0.2) is 5.16 Å². The molecule has 0 spiro atoms. The zero-order chi connectivity index (χ0) is 13.9. The molecule has 1 aromatic heterocycles. The van der Waals surface area contributed by atoms with Crippen LogP contribution in [0.4, 0.5) is 0 Å². The molecule has 0 radical (unpaired) electrons. The molecule has 0 atom stereocenters. The minimum absolute atomic E-state index is 0.840. The molecular weight excluding hydrogens is 290 g/mol. The van der Waals surface area contributed by atoms with Gasteiger partial charge < -0.3 is 0 Å². The number of fused-ring (bicyclic) bond motifs is 1. The first-order chi connectivity index (χ1) is 9.76. The van der Waals surface area contributed by atoms with E-state index in [2.05, 4.69) is 20.9 Å². The second kappa shape index (κ2) is 6.12. The third kappa shape index (κ3) is 2.97. The Balaban J connectivity index is 1.74. The van der Waals surface area contributed by atoms with Crippen molar-refractivity contribution in [3.63, 3.8) is 0 Å². The molecule has 104 valence electrons. The molecule has 20 heavy (non-hydrogen) atoms. The molecule has 0 N–H and O–H groups in total. The molecule has 2 aromatic rings. The summed E-state index contributed by atoms with van der Waals surface area (Å²) in [6.45, 7) is 2.79. The number of thioether (sulfide) groups is 1. The van der Waals surface area contributed by atoms with E-state index in [1.807, 2.05) is 30.7 Å². The molecule has 1 aliphatic rings. The minimum atomic E-state index is 0.840. The summed E-state index contributed by atoms with van der Waals surface area (Å²) in [4.78, 5) is 11.4. The lowest BCUT2D eigenvalue weighted by atomic mass is 10.1. The summed E-state index contributed by atoms with van der Waals surface area (Å²) in [7, 11) is 0. The molecule has 5 heteroatoms. The zero-order valence-corrected chi connectivity index (χ0v) is 12.9. The highest BCUT2D eigenvalue weighted by atomic mass is 35.5. The number of hydrogen-bond acceptors (Lipinski definition) is 4. The van der Waals surface area contributed by atoms with Gasteiger partial charge >= 0.3 is 0 Å². The van der Waals surface area contributed by atoms with Gasteiger partial charge in [0.1, 0.15) is 0 Å². The topological polar surface area (TPSA) is 29.0 Å². The Morgan fingerprint density at radius 3 is 3.00 bits per heavy atom. The van der Waals surface area contributed by atoms with Gasteiger partial charge in [-0.3, -0.25) is 4.90 Å². The van der Waals surface area contributed by atoms with Gasteiger partial charge in [0.05, 0.1) is 5.69 Å². The Hall–Kier alpha value is -1.10. The molecule has 0 bridgehead atoms. The molecular formula is C15H16ClN3S. The Morgan fingerprint density at radius 2 is 2.20 bits per heavy atom. The van der Waals surface area contributed by atoms with Crippen molar-refractivity contribution in [2.24, 2.45) is 0 Å². The van der Waals surface area contributed by atoms with E-state index in [4.69, 9.17) is 11.6 Å². The largest absolute Gasteiger partial charge is 0.294 e. The van der Waals surface area contributed by atoms with E-state index in [1.54, 1.807) is 11.8 Å². The van der Waals surface area contributed by atoms with E-state index >= 15 is 0 Å². The third-order valence-corrected chi connectivity index (χ3v) is 4.46. The molecule has 2 heterocycles. The van der Waals surface area contributed by atoms with E-state index in [1.165, 1.54) is 16.8 Å². The predicted molar refractivity (Wildman–Crippen MR) is 83.1 cm³/mol. The van der Waals surface area contributed by atoms with Crippen LogP contribution in [0.5, 0.6) is 0 Å². The fraction of sp³-hybridized carbons (Fsp3) is 0.333. The fourth-order valence-electron chi connectivity index (χ4n) is 2.46. The molecule has 0 amide bonds. The highest BCUT2D eigenvalue weighted by molar-refractivity contribution is 7.98. The molecule has 3 rings (SSSR count). The van der Waals surface area contributed by atoms with Gasteiger partial charge in [-0.05, 0) is 17.9 Å². The summed E-state index contributed by atoms with van der Waals surface area (Å²) >= 11 is 7.82. The quantitative estimate of drug-likeness (QED) is 0.642. The first-order valence-corrected chi connectivity index (χ1v) is 8.21. The van der Waals surface area contributed by atoms with Gasteiger partial charge in [-0.25, -0.2) is 9.97 Å². The number of hydrogen-bond donors (Lipinski definition) is 0. The summed E-state index contributed by atoms with van der Waals surface area (Å²) in [6.07, 6.45) is 4.96. The van der Waals surface area contributed by atoms with Gasteiger partial charge in [-0.15, -0.1) is 0 Å². The van der Waals surface area contributed by atoms with Crippen LogP contribution in [-0.4, -0.2) is 27.7 Å². The summed E-state index contributed by atoms with van der Waals surface area (Å²) in [5, 5.41) is 1.70. The van der Waals surface area contributed by atoms with Crippen molar-refractivity contribution in [3.8, 4) is 0 Å². The van der Waals surface area contributed by atoms with Gasteiger partial charge in [0, 0.05) is 42.8 Å². The lowest BCUT2D eigenvalue weighted by Crippen LogP contribution is -2.31. The average Bonchev–Trinajstić information content (AvgIpc) is 2.49. The van der Waals surface area contributed by atoms with E-state index in [-0.39, 0.29) is 0 Å². The summed E-state index contributed by atoms with van der Waals surface area (Å²) in [6, 6.07) is 8.04. The SMILES string of the molecule is CSc1ncc2c(n1)CCN(Cc1ccccc1Cl)C2. The normalized spacial score (nSPS) is 15.1. The number of rotatable bonds is 3. The highest BCUT2D eigenvalue weighted by Gasteiger charge is 2.19. The van der Waals surface area contributed by atoms with Gasteiger partial charge in [-0.1, -0.05) is 41.6 Å². The Labute approximate surface area is 128 Å². The number of halogens is 1. The van der Waals surface area contributed by atoms with E-state index < -0.39 is 0 Å². The van der Waals surface area contributed by atoms with Crippen LogP contribution >= 0.6 is 23.4 Å². The van der Waals surface area contributed by atoms with Gasteiger partial charge in [-0.2, -0.15) is 0 Å². The van der Waals surface area contributed by atoms with Crippen molar-refractivity contribution in [1.29, 1.82) is 0 Å². The summed E-state index contributed by atoms with van der Waals surface area (Å²) < 4.78 is 0. The van der Waals surface area contributed by atoms with E-state index in [0.29, 0.717) is 0 Å². The van der Waals surface area contributed by atoms with Crippen molar-refractivity contribution >= 4 is 23.4 Å². The molecule has 0 unspecified atom stereocenters.